The van der Waals surface area contributed by atoms with Gasteiger partial charge in [0, 0.05) is 13.1 Å². The molecule has 0 saturated carbocycles. The monoisotopic (exact) mass is 299 g/mol. The number of carbonyl (C=O) groups is 2. The number of benzene rings is 1. The molecule has 22 heavy (non-hydrogen) atoms. The molecule has 0 bridgehead atoms. The Kier molecular flexibility index (Phi) is 4.02. The fourth-order valence-electron chi connectivity index (χ4n) is 2.72. The van der Waals surface area contributed by atoms with Crippen molar-refractivity contribution in [1.82, 2.24) is 10.2 Å². The van der Waals surface area contributed by atoms with Crippen molar-refractivity contribution in [2.45, 2.75) is 6.42 Å². The van der Waals surface area contributed by atoms with E-state index in [4.69, 9.17) is 4.84 Å². The second kappa shape index (κ2) is 6.11. The molecule has 1 aromatic rings. The maximum absolute atomic E-state index is 12.3. The van der Waals surface area contributed by atoms with Crippen LogP contribution in [-0.2, 0) is 4.84 Å². The van der Waals surface area contributed by atoms with Crippen molar-refractivity contribution >= 4 is 17.5 Å². The summed E-state index contributed by atoms with van der Waals surface area (Å²) in [5.74, 6) is -0.478. The molecule has 1 aromatic carbocycles. The molecule has 6 heteroatoms. The molecule has 0 atom stereocenters. The Balaban J connectivity index is 1.80. The average molecular weight is 299 g/mol. The molecule has 2 aliphatic rings. The maximum atomic E-state index is 12.3. The zero-order valence-electron chi connectivity index (χ0n) is 12.3. The van der Waals surface area contributed by atoms with Crippen LogP contribution >= 0.6 is 0 Å². The van der Waals surface area contributed by atoms with Gasteiger partial charge in [-0.05, 0) is 30.7 Å². The SMILES string of the molecule is CO/N=C1/CNCCC1=CCN1C(=O)c2ccccc2C1=O. The molecule has 1 N–H and O–H groups in total. The van der Waals surface area contributed by atoms with Gasteiger partial charge < -0.3 is 10.2 Å². The van der Waals surface area contributed by atoms with E-state index in [1.807, 2.05) is 6.08 Å². The Morgan fingerprint density at radius 2 is 1.95 bits per heavy atom. The number of rotatable bonds is 3. The Bertz CT molecular complexity index is 644. The fourth-order valence-corrected chi connectivity index (χ4v) is 2.72. The van der Waals surface area contributed by atoms with Crippen LogP contribution in [0.15, 0.2) is 41.1 Å². The summed E-state index contributed by atoms with van der Waals surface area (Å²) >= 11 is 0. The highest BCUT2D eigenvalue weighted by atomic mass is 16.6. The topological polar surface area (TPSA) is 71.0 Å². The van der Waals surface area contributed by atoms with E-state index >= 15 is 0 Å². The molecule has 2 aliphatic heterocycles. The highest BCUT2D eigenvalue weighted by molar-refractivity contribution is 6.21. The van der Waals surface area contributed by atoms with Crippen molar-refractivity contribution in [1.29, 1.82) is 0 Å². The normalized spacial score (nSPS) is 21.6. The lowest BCUT2D eigenvalue weighted by molar-refractivity contribution is 0.0672. The molecule has 2 amide bonds. The molecule has 3 rings (SSSR count). The summed E-state index contributed by atoms with van der Waals surface area (Å²) in [6.07, 6.45) is 2.69. The van der Waals surface area contributed by atoms with Gasteiger partial charge in [0.15, 0.2) is 0 Å². The van der Waals surface area contributed by atoms with E-state index in [0.717, 1.165) is 24.3 Å². The first-order valence-corrected chi connectivity index (χ1v) is 7.17. The minimum atomic E-state index is -0.239. The smallest absolute Gasteiger partial charge is 0.261 e. The van der Waals surface area contributed by atoms with Crippen molar-refractivity contribution in [3.8, 4) is 0 Å². The number of piperidine rings is 1. The van der Waals surface area contributed by atoms with Crippen molar-refractivity contribution in [2.75, 3.05) is 26.7 Å². The molecule has 0 aromatic heterocycles. The van der Waals surface area contributed by atoms with E-state index in [9.17, 15) is 9.59 Å². The molecule has 2 heterocycles. The Morgan fingerprint density at radius 1 is 1.27 bits per heavy atom. The number of carbonyl (C=O) groups excluding carboxylic acids is 2. The number of nitrogens with one attached hydrogen (secondary N) is 1. The molecule has 6 nitrogen and oxygen atoms in total. The van der Waals surface area contributed by atoms with Gasteiger partial charge in [-0.1, -0.05) is 23.4 Å². The quantitative estimate of drug-likeness (QED) is 0.672. The summed E-state index contributed by atoms with van der Waals surface area (Å²) in [7, 11) is 1.50. The van der Waals surface area contributed by atoms with E-state index in [0.29, 0.717) is 17.7 Å². The van der Waals surface area contributed by atoms with Crippen LogP contribution in [0.25, 0.3) is 0 Å². The van der Waals surface area contributed by atoms with E-state index in [1.54, 1.807) is 24.3 Å². The van der Waals surface area contributed by atoms with Crippen molar-refractivity contribution in [3.63, 3.8) is 0 Å². The number of hydrogen-bond acceptors (Lipinski definition) is 5. The predicted molar refractivity (Wildman–Crippen MR) is 81.8 cm³/mol. The molecular weight excluding hydrogens is 282 g/mol. The van der Waals surface area contributed by atoms with Gasteiger partial charge in [-0.15, -0.1) is 0 Å². The van der Waals surface area contributed by atoms with Gasteiger partial charge >= 0.3 is 0 Å². The van der Waals surface area contributed by atoms with Gasteiger partial charge in [-0.2, -0.15) is 0 Å². The van der Waals surface area contributed by atoms with Gasteiger partial charge in [0.2, 0.25) is 0 Å². The highest BCUT2D eigenvalue weighted by Crippen LogP contribution is 2.22. The largest absolute Gasteiger partial charge is 0.399 e. The van der Waals surface area contributed by atoms with E-state index in [-0.39, 0.29) is 18.4 Å². The summed E-state index contributed by atoms with van der Waals surface area (Å²) in [4.78, 5) is 30.7. The molecule has 1 saturated heterocycles. The number of nitrogens with zero attached hydrogens (tertiary/aromatic N) is 2. The maximum Gasteiger partial charge on any atom is 0.261 e. The molecule has 114 valence electrons. The molecule has 0 unspecified atom stereocenters. The number of amides is 2. The minimum Gasteiger partial charge on any atom is -0.399 e. The zero-order valence-corrected chi connectivity index (χ0v) is 12.3. The summed E-state index contributed by atoms with van der Waals surface area (Å²) in [6, 6.07) is 6.90. The van der Waals surface area contributed by atoms with Gasteiger partial charge in [0.05, 0.1) is 16.8 Å². The number of imide groups is 1. The van der Waals surface area contributed by atoms with Crippen molar-refractivity contribution in [2.24, 2.45) is 5.16 Å². The fraction of sp³-hybridized carbons (Fsp3) is 0.312. The summed E-state index contributed by atoms with van der Waals surface area (Å²) in [5, 5.41) is 7.20. The Morgan fingerprint density at radius 3 is 2.59 bits per heavy atom. The third-order valence-corrected chi connectivity index (χ3v) is 3.83. The highest BCUT2D eigenvalue weighted by Gasteiger charge is 2.34. The average Bonchev–Trinajstić information content (AvgIpc) is 2.79. The minimum absolute atomic E-state index is 0.239. The van der Waals surface area contributed by atoms with Gasteiger partial charge in [-0.25, -0.2) is 0 Å². The standard InChI is InChI=1S/C16H17N3O3/c1-22-18-14-10-17-8-6-11(14)7-9-19-15(20)12-4-2-3-5-13(12)16(19)21/h2-5,7,17H,6,8-10H2,1H3/b11-7?,18-14-. The van der Waals surface area contributed by atoms with E-state index in [2.05, 4.69) is 10.5 Å². The molecule has 1 fully saturated rings. The zero-order chi connectivity index (χ0) is 15.5. The first-order valence-electron chi connectivity index (χ1n) is 7.17. The summed E-state index contributed by atoms with van der Waals surface area (Å²) < 4.78 is 0. The molecule has 0 spiro atoms. The van der Waals surface area contributed by atoms with Gasteiger partial charge in [0.25, 0.3) is 11.8 Å². The van der Waals surface area contributed by atoms with Crippen LogP contribution in [0.5, 0.6) is 0 Å². The number of hydrogen-bond donors (Lipinski definition) is 1. The summed E-state index contributed by atoms with van der Waals surface area (Å²) in [6.45, 7) is 1.73. The van der Waals surface area contributed by atoms with Crippen molar-refractivity contribution in [3.05, 3.63) is 47.0 Å². The van der Waals surface area contributed by atoms with Gasteiger partial charge in [0.1, 0.15) is 7.11 Å². The Hall–Kier alpha value is -2.47. The lowest BCUT2D eigenvalue weighted by Gasteiger charge is -2.19. The van der Waals surface area contributed by atoms with Crippen molar-refractivity contribution < 1.29 is 14.4 Å². The molecule has 0 radical (unpaired) electrons. The van der Waals surface area contributed by atoms with Crippen LogP contribution in [0.3, 0.4) is 0 Å². The van der Waals surface area contributed by atoms with Crippen LogP contribution in [0.2, 0.25) is 0 Å². The number of fused-ring (bicyclic) bond motifs is 1. The third kappa shape index (κ3) is 2.53. The lowest BCUT2D eigenvalue weighted by atomic mass is 10.0. The predicted octanol–water partition coefficient (Wildman–Crippen LogP) is 1.20. The van der Waals surface area contributed by atoms with Crippen LogP contribution < -0.4 is 5.32 Å². The van der Waals surface area contributed by atoms with E-state index < -0.39 is 0 Å². The first-order chi connectivity index (χ1) is 10.7. The van der Waals surface area contributed by atoms with Crippen LogP contribution in [0, 0.1) is 0 Å². The molecule has 0 aliphatic carbocycles. The second-order valence-corrected chi connectivity index (χ2v) is 5.14. The lowest BCUT2D eigenvalue weighted by Crippen LogP contribution is -2.34. The Labute approximate surface area is 128 Å². The first kappa shape index (κ1) is 14.5. The number of oxime groups is 1. The van der Waals surface area contributed by atoms with Gasteiger partial charge in [-0.3, -0.25) is 14.5 Å². The van der Waals surface area contributed by atoms with Crippen LogP contribution in [0.4, 0.5) is 0 Å². The second-order valence-electron chi connectivity index (χ2n) is 5.14. The summed E-state index contributed by atoms with van der Waals surface area (Å²) in [5.41, 5.74) is 2.77. The third-order valence-electron chi connectivity index (χ3n) is 3.83. The van der Waals surface area contributed by atoms with Crippen LogP contribution in [0.1, 0.15) is 27.1 Å². The van der Waals surface area contributed by atoms with E-state index in [1.165, 1.54) is 12.0 Å². The van der Waals surface area contributed by atoms with Crippen LogP contribution in [-0.4, -0.2) is 49.2 Å². The molecular formula is C16H17N3O3.